The van der Waals surface area contributed by atoms with Crippen molar-refractivity contribution in [2.75, 3.05) is 13.1 Å². The van der Waals surface area contributed by atoms with Crippen molar-refractivity contribution in [1.82, 2.24) is 10.2 Å². The summed E-state index contributed by atoms with van der Waals surface area (Å²) in [6.07, 6.45) is 5.44. The molecule has 0 radical (unpaired) electrons. The van der Waals surface area contributed by atoms with Gasteiger partial charge >= 0.3 is 0 Å². The van der Waals surface area contributed by atoms with E-state index in [-0.39, 0.29) is 0 Å². The Morgan fingerprint density at radius 1 is 1.00 bits per heavy atom. The molecule has 1 aliphatic heterocycles. The highest BCUT2D eigenvalue weighted by Gasteiger charge is 2.40. The molecule has 2 rings (SSSR count). The van der Waals surface area contributed by atoms with E-state index in [1.165, 1.54) is 38.8 Å². The van der Waals surface area contributed by atoms with E-state index in [4.69, 9.17) is 0 Å². The highest BCUT2D eigenvalue weighted by Crippen LogP contribution is 2.38. The lowest BCUT2D eigenvalue weighted by atomic mass is 9.84. The van der Waals surface area contributed by atoms with Gasteiger partial charge in [0.05, 0.1) is 0 Å². The minimum absolute atomic E-state index is 0.736. The maximum Gasteiger partial charge on any atom is 0.0126 e. The fourth-order valence-corrected chi connectivity index (χ4v) is 4.28. The Labute approximate surface area is 120 Å². The maximum atomic E-state index is 3.76. The summed E-state index contributed by atoms with van der Waals surface area (Å²) in [5, 5.41) is 3.76. The molecule has 2 nitrogen and oxygen atoms in total. The first-order chi connectivity index (χ1) is 9.06. The second kappa shape index (κ2) is 6.58. The van der Waals surface area contributed by atoms with Crippen LogP contribution in [0, 0.1) is 17.8 Å². The molecule has 19 heavy (non-hydrogen) atoms. The molecule has 1 saturated carbocycles. The van der Waals surface area contributed by atoms with E-state index in [0.717, 1.165) is 35.9 Å². The fourth-order valence-electron chi connectivity index (χ4n) is 4.28. The second-order valence-corrected chi connectivity index (χ2v) is 7.17. The van der Waals surface area contributed by atoms with Crippen LogP contribution in [0.25, 0.3) is 0 Å². The number of nitrogens with zero attached hydrogens (tertiary/aromatic N) is 1. The third kappa shape index (κ3) is 3.16. The van der Waals surface area contributed by atoms with Gasteiger partial charge in [0.15, 0.2) is 0 Å². The number of hydrogen-bond donors (Lipinski definition) is 1. The van der Waals surface area contributed by atoms with Gasteiger partial charge in [-0.25, -0.2) is 0 Å². The van der Waals surface area contributed by atoms with E-state index in [9.17, 15) is 0 Å². The topological polar surface area (TPSA) is 15.3 Å². The predicted molar refractivity (Wildman–Crippen MR) is 83.4 cm³/mol. The number of likely N-dealkylation sites (tertiary alicyclic amines) is 1. The van der Waals surface area contributed by atoms with Crippen LogP contribution in [0.15, 0.2) is 0 Å². The van der Waals surface area contributed by atoms with Crippen LogP contribution in [0.2, 0.25) is 0 Å². The number of nitrogens with one attached hydrogen (secondary N) is 1. The van der Waals surface area contributed by atoms with Gasteiger partial charge in [0, 0.05) is 24.7 Å². The number of rotatable bonds is 4. The Morgan fingerprint density at radius 3 is 2.32 bits per heavy atom. The third-order valence-electron chi connectivity index (χ3n) is 6.12. The fraction of sp³-hybridized carbons (Fsp3) is 1.00. The van der Waals surface area contributed by atoms with Crippen molar-refractivity contribution in [1.29, 1.82) is 0 Å². The molecule has 0 spiro atoms. The number of piperidine rings is 1. The summed E-state index contributed by atoms with van der Waals surface area (Å²) in [4.78, 5) is 2.84. The van der Waals surface area contributed by atoms with Gasteiger partial charge in [-0.05, 0) is 56.9 Å². The van der Waals surface area contributed by atoms with E-state index >= 15 is 0 Å². The molecule has 0 aromatic heterocycles. The van der Waals surface area contributed by atoms with E-state index < -0.39 is 0 Å². The summed E-state index contributed by atoms with van der Waals surface area (Å²) in [5.74, 6) is 2.58. The van der Waals surface area contributed by atoms with Crippen molar-refractivity contribution >= 4 is 0 Å². The van der Waals surface area contributed by atoms with Gasteiger partial charge in [-0.3, -0.25) is 4.90 Å². The molecule has 1 saturated heterocycles. The normalized spacial score (nSPS) is 44.7. The molecule has 1 aliphatic carbocycles. The summed E-state index contributed by atoms with van der Waals surface area (Å²) < 4.78 is 0. The lowest BCUT2D eigenvalue weighted by Crippen LogP contribution is -2.57. The SMILES string of the molecule is CCCNC1CCN(C2CCC(C)C2C)C(C)C1C. The van der Waals surface area contributed by atoms with Crippen molar-refractivity contribution in [3.63, 3.8) is 0 Å². The van der Waals surface area contributed by atoms with Crippen LogP contribution in [0.4, 0.5) is 0 Å². The van der Waals surface area contributed by atoms with Gasteiger partial charge in [-0.15, -0.1) is 0 Å². The molecule has 0 aromatic rings. The summed E-state index contributed by atoms with van der Waals surface area (Å²) in [6.45, 7) is 14.6. The molecule has 2 aliphatic rings. The maximum absolute atomic E-state index is 3.76. The lowest BCUT2D eigenvalue weighted by molar-refractivity contribution is 0.0314. The standard InChI is InChI=1S/C17H34N2/c1-6-10-18-16-9-11-19(15(5)14(16)4)17-8-7-12(2)13(17)3/h12-18H,6-11H2,1-5H3. The number of hydrogen-bond acceptors (Lipinski definition) is 2. The van der Waals surface area contributed by atoms with E-state index in [2.05, 4.69) is 44.8 Å². The molecule has 1 heterocycles. The van der Waals surface area contributed by atoms with Gasteiger partial charge < -0.3 is 5.32 Å². The molecule has 112 valence electrons. The smallest absolute Gasteiger partial charge is 0.0126 e. The first-order valence-corrected chi connectivity index (χ1v) is 8.55. The molecule has 6 atom stereocenters. The minimum Gasteiger partial charge on any atom is -0.314 e. The quantitative estimate of drug-likeness (QED) is 0.837. The Kier molecular flexibility index (Phi) is 5.30. The summed E-state index contributed by atoms with van der Waals surface area (Å²) >= 11 is 0. The largest absolute Gasteiger partial charge is 0.314 e. The van der Waals surface area contributed by atoms with Crippen LogP contribution in [0.3, 0.4) is 0 Å². The van der Waals surface area contributed by atoms with Crippen LogP contribution < -0.4 is 5.32 Å². The van der Waals surface area contributed by atoms with Crippen LogP contribution in [0.1, 0.15) is 60.3 Å². The molecule has 6 unspecified atom stereocenters. The van der Waals surface area contributed by atoms with Gasteiger partial charge in [-0.2, -0.15) is 0 Å². The third-order valence-corrected chi connectivity index (χ3v) is 6.12. The van der Waals surface area contributed by atoms with Crippen LogP contribution in [-0.2, 0) is 0 Å². The highest BCUT2D eigenvalue weighted by molar-refractivity contribution is 4.95. The summed E-state index contributed by atoms with van der Waals surface area (Å²) in [7, 11) is 0. The van der Waals surface area contributed by atoms with Gasteiger partial charge in [0.2, 0.25) is 0 Å². The Balaban J connectivity index is 1.95. The van der Waals surface area contributed by atoms with Crippen LogP contribution >= 0.6 is 0 Å². The molecule has 2 heteroatoms. The van der Waals surface area contributed by atoms with Crippen molar-refractivity contribution in [3.8, 4) is 0 Å². The average molecular weight is 266 g/mol. The zero-order chi connectivity index (χ0) is 14.0. The van der Waals surface area contributed by atoms with Crippen molar-refractivity contribution in [2.24, 2.45) is 17.8 Å². The first kappa shape index (κ1) is 15.3. The van der Waals surface area contributed by atoms with Gasteiger partial charge in [0.1, 0.15) is 0 Å². The van der Waals surface area contributed by atoms with Crippen molar-refractivity contribution < 1.29 is 0 Å². The van der Waals surface area contributed by atoms with Gasteiger partial charge in [0.25, 0.3) is 0 Å². The zero-order valence-electron chi connectivity index (χ0n) is 13.7. The second-order valence-electron chi connectivity index (χ2n) is 7.17. The van der Waals surface area contributed by atoms with Crippen LogP contribution in [0.5, 0.6) is 0 Å². The van der Waals surface area contributed by atoms with Crippen molar-refractivity contribution in [3.05, 3.63) is 0 Å². The molecule has 0 amide bonds. The minimum atomic E-state index is 0.736. The molecule has 2 fully saturated rings. The van der Waals surface area contributed by atoms with E-state index in [1.54, 1.807) is 0 Å². The highest BCUT2D eigenvalue weighted by atomic mass is 15.2. The molecular weight excluding hydrogens is 232 g/mol. The lowest BCUT2D eigenvalue weighted by Gasteiger charge is -2.47. The molecular formula is C17H34N2. The Bertz CT molecular complexity index is 278. The Morgan fingerprint density at radius 2 is 1.74 bits per heavy atom. The average Bonchev–Trinajstić information content (AvgIpc) is 2.72. The Hall–Kier alpha value is -0.0800. The monoisotopic (exact) mass is 266 g/mol. The van der Waals surface area contributed by atoms with E-state index in [1.807, 2.05) is 0 Å². The van der Waals surface area contributed by atoms with Crippen LogP contribution in [-0.4, -0.2) is 36.1 Å². The van der Waals surface area contributed by atoms with Gasteiger partial charge in [-0.1, -0.05) is 27.7 Å². The van der Waals surface area contributed by atoms with E-state index in [0.29, 0.717) is 0 Å². The molecule has 0 aromatic carbocycles. The van der Waals surface area contributed by atoms with Crippen molar-refractivity contribution in [2.45, 2.75) is 78.4 Å². The first-order valence-electron chi connectivity index (χ1n) is 8.55. The summed E-state index contributed by atoms with van der Waals surface area (Å²) in [6, 6.07) is 2.32. The molecule has 1 N–H and O–H groups in total. The zero-order valence-corrected chi connectivity index (χ0v) is 13.7. The predicted octanol–water partition coefficient (Wildman–Crippen LogP) is 3.52. The summed E-state index contributed by atoms with van der Waals surface area (Å²) in [5.41, 5.74) is 0. The molecule has 0 bridgehead atoms.